The van der Waals surface area contributed by atoms with Crippen molar-refractivity contribution in [3.05, 3.63) is 76.4 Å². The molecule has 0 saturated carbocycles. The summed E-state index contributed by atoms with van der Waals surface area (Å²) in [6, 6.07) is 15.9. The molecule has 0 radical (unpaired) electrons. The van der Waals surface area contributed by atoms with Crippen molar-refractivity contribution in [1.82, 2.24) is 9.97 Å². The average molecular weight is 431 g/mol. The van der Waals surface area contributed by atoms with Gasteiger partial charge >= 0.3 is 0 Å². The van der Waals surface area contributed by atoms with Crippen LogP contribution in [0.5, 0.6) is 5.75 Å². The van der Waals surface area contributed by atoms with Crippen molar-refractivity contribution < 1.29 is 9.53 Å². The summed E-state index contributed by atoms with van der Waals surface area (Å²) >= 11 is 1.40. The monoisotopic (exact) mass is 430 g/mol. The third kappa shape index (κ3) is 3.61. The van der Waals surface area contributed by atoms with Crippen LogP contribution >= 0.6 is 11.3 Å². The number of carbonyl (C=O) groups is 1. The van der Waals surface area contributed by atoms with Gasteiger partial charge in [-0.15, -0.1) is 11.3 Å². The van der Waals surface area contributed by atoms with Crippen molar-refractivity contribution in [1.29, 1.82) is 0 Å². The van der Waals surface area contributed by atoms with Crippen molar-refractivity contribution in [2.24, 2.45) is 0 Å². The second kappa shape index (κ2) is 8.00. The molecule has 156 valence electrons. The molecule has 0 unspecified atom stereocenters. The molecule has 0 atom stereocenters. The Morgan fingerprint density at radius 2 is 1.97 bits per heavy atom. The lowest BCUT2D eigenvalue weighted by molar-refractivity contribution is 0.103. The van der Waals surface area contributed by atoms with Gasteiger partial charge in [-0.25, -0.2) is 9.97 Å². The SMILES string of the molecule is COc1cccc(NC(=O)c2sc3ncnc(N4CCc5ccccc5C4)c3c2C)c1. The molecule has 2 aromatic carbocycles. The van der Waals surface area contributed by atoms with Gasteiger partial charge in [-0.05, 0) is 42.2 Å². The number of aryl methyl sites for hydroxylation is 1. The number of benzene rings is 2. The number of amides is 1. The lowest BCUT2D eigenvalue weighted by atomic mass is 9.99. The number of methoxy groups -OCH3 is 1. The summed E-state index contributed by atoms with van der Waals surface area (Å²) in [4.78, 5) is 25.9. The van der Waals surface area contributed by atoms with E-state index in [4.69, 9.17) is 4.74 Å². The van der Waals surface area contributed by atoms with Gasteiger partial charge in [0.15, 0.2) is 0 Å². The number of hydrogen-bond donors (Lipinski definition) is 1. The average Bonchev–Trinajstić information content (AvgIpc) is 3.15. The second-order valence-electron chi connectivity index (χ2n) is 7.56. The second-order valence-corrected chi connectivity index (χ2v) is 8.56. The molecule has 1 N–H and O–H groups in total. The van der Waals surface area contributed by atoms with Crippen LogP contribution in [0.4, 0.5) is 11.5 Å². The minimum Gasteiger partial charge on any atom is -0.497 e. The maximum absolute atomic E-state index is 13.1. The maximum atomic E-state index is 13.1. The van der Waals surface area contributed by atoms with Gasteiger partial charge in [0.25, 0.3) is 5.91 Å². The first-order valence-electron chi connectivity index (χ1n) is 10.2. The van der Waals surface area contributed by atoms with Crippen molar-refractivity contribution in [2.45, 2.75) is 19.9 Å². The van der Waals surface area contributed by atoms with Crippen molar-refractivity contribution >= 4 is 39.0 Å². The van der Waals surface area contributed by atoms with Crippen molar-refractivity contribution in [3.8, 4) is 5.75 Å². The fourth-order valence-corrected chi connectivity index (χ4v) is 5.11. The zero-order valence-electron chi connectivity index (χ0n) is 17.4. The van der Waals surface area contributed by atoms with E-state index in [1.807, 2.05) is 25.1 Å². The third-order valence-electron chi connectivity index (χ3n) is 5.67. The van der Waals surface area contributed by atoms with E-state index in [0.29, 0.717) is 16.3 Å². The van der Waals surface area contributed by atoms with E-state index < -0.39 is 0 Å². The zero-order chi connectivity index (χ0) is 21.4. The molecule has 31 heavy (non-hydrogen) atoms. The van der Waals surface area contributed by atoms with Crippen LogP contribution in [0.2, 0.25) is 0 Å². The standard InChI is InChI=1S/C24H22N4O2S/c1-15-20-22(28-11-10-16-6-3-4-7-17(16)13-28)25-14-26-24(20)31-21(15)23(29)27-18-8-5-9-19(12-18)30-2/h3-9,12,14H,10-11,13H2,1-2H3,(H,27,29). The van der Waals surface area contributed by atoms with Gasteiger partial charge in [0.05, 0.1) is 17.4 Å². The maximum Gasteiger partial charge on any atom is 0.266 e. The number of aromatic nitrogens is 2. The minimum absolute atomic E-state index is 0.149. The summed E-state index contributed by atoms with van der Waals surface area (Å²) in [5, 5.41) is 3.94. The van der Waals surface area contributed by atoms with Crippen LogP contribution in [0, 0.1) is 6.92 Å². The van der Waals surface area contributed by atoms with Crippen LogP contribution in [-0.2, 0) is 13.0 Å². The number of rotatable bonds is 4. The zero-order valence-corrected chi connectivity index (χ0v) is 18.2. The van der Waals surface area contributed by atoms with Gasteiger partial charge in [-0.1, -0.05) is 30.3 Å². The quantitative estimate of drug-likeness (QED) is 0.503. The molecule has 7 heteroatoms. The van der Waals surface area contributed by atoms with Crippen LogP contribution < -0.4 is 15.0 Å². The molecule has 0 saturated heterocycles. The van der Waals surface area contributed by atoms with E-state index in [0.717, 1.165) is 41.1 Å². The highest BCUT2D eigenvalue weighted by Gasteiger charge is 2.24. The number of carbonyl (C=O) groups excluding carboxylic acids is 1. The Kier molecular flexibility index (Phi) is 5.03. The van der Waals surface area contributed by atoms with Gasteiger partial charge in [0, 0.05) is 24.8 Å². The first kappa shape index (κ1) is 19.5. The summed E-state index contributed by atoms with van der Waals surface area (Å²) < 4.78 is 5.25. The molecule has 5 rings (SSSR count). The fraction of sp³-hybridized carbons (Fsp3) is 0.208. The predicted octanol–water partition coefficient (Wildman–Crippen LogP) is 4.82. The smallest absolute Gasteiger partial charge is 0.266 e. The van der Waals surface area contributed by atoms with Gasteiger partial charge in [-0.3, -0.25) is 4.79 Å². The van der Waals surface area contributed by atoms with Crippen LogP contribution in [-0.4, -0.2) is 29.5 Å². The van der Waals surface area contributed by atoms with Crippen LogP contribution in [0.25, 0.3) is 10.2 Å². The fourth-order valence-electron chi connectivity index (χ4n) is 4.07. The summed E-state index contributed by atoms with van der Waals surface area (Å²) in [6.07, 6.45) is 2.58. The molecule has 3 heterocycles. The van der Waals surface area contributed by atoms with E-state index in [-0.39, 0.29) is 5.91 Å². The topological polar surface area (TPSA) is 67.3 Å². The number of hydrogen-bond acceptors (Lipinski definition) is 6. The molecule has 0 spiro atoms. The molecule has 1 aliphatic rings. The Labute approximate surface area is 184 Å². The van der Waals surface area contributed by atoms with E-state index in [1.165, 1.54) is 22.5 Å². The summed E-state index contributed by atoms with van der Waals surface area (Å²) in [7, 11) is 1.61. The molecule has 2 aromatic heterocycles. The largest absolute Gasteiger partial charge is 0.497 e. The first-order valence-corrected chi connectivity index (χ1v) is 11.0. The highest BCUT2D eigenvalue weighted by atomic mass is 32.1. The molecule has 4 aromatic rings. The van der Waals surface area contributed by atoms with E-state index in [9.17, 15) is 4.79 Å². The first-order chi connectivity index (χ1) is 15.1. The Morgan fingerprint density at radius 3 is 2.81 bits per heavy atom. The third-order valence-corrected chi connectivity index (χ3v) is 6.87. The Balaban J connectivity index is 1.48. The number of thiophene rings is 1. The minimum atomic E-state index is -0.149. The Hall–Kier alpha value is -3.45. The summed E-state index contributed by atoms with van der Waals surface area (Å²) in [5.41, 5.74) is 4.32. The van der Waals surface area contributed by atoms with Gasteiger partial charge in [0.2, 0.25) is 0 Å². The highest BCUT2D eigenvalue weighted by molar-refractivity contribution is 7.20. The number of nitrogens with one attached hydrogen (secondary N) is 1. The molecular weight excluding hydrogens is 408 g/mol. The van der Waals surface area contributed by atoms with Crippen molar-refractivity contribution in [2.75, 3.05) is 23.9 Å². The predicted molar refractivity (Wildman–Crippen MR) is 124 cm³/mol. The summed E-state index contributed by atoms with van der Waals surface area (Å²) in [6.45, 7) is 3.68. The van der Waals surface area contributed by atoms with Crippen LogP contribution in [0.1, 0.15) is 26.4 Å². The summed E-state index contributed by atoms with van der Waals surface area (Å²) in [5.74, 6) is 1.45. The van der Waals surface area contributed by atoms with E-state index in [2.05, 4.69) is 44.5 Å². The van der Waals surface area contributed by atoms with E-state index in [1.54, 1.807) is 19.5 Å². The number of anilines is 2. The number of fused-ring (bicyclic) bond motifs is 2. The number of ether oxygens (including phenoxy) is 1. The number of nitrogens with zero attached hydrogens (tertiary/aromatic N) is 3. The lowest BCUT2D eigenvalue weighted by Gasteiger charge is -2.30. The molecule has 0 fully saturated rings. The molecule has 0 bridgehead atoms. The normalized spacial score (nSPS) is 13.2. The van der Waals surface area contributed by atoms with Crippen LogP contribution in [0.3, 0.4) is 0 Å². The Bertz CT molecular complexity index is 1280. The Morgan fingerprint density at radius 1 is 1.13 bits per heavy atom. The molecular formula is C24H22N4O2S. The highest BCUT2D eigenvalue weighted by Crippen LogP contribution is 2.37. The molecule has 1 aliphatic heterocycles. The molecule has 6 nitrogen and oxygen atoms in total. The lowest BCUT2D eigenvalue weighted by Crippen LogP contribution is -2.31. The van der Waals surface area contributed by atoms with Gasteiger partial charge < -0.3 is 15.0 Å². The van der Waals surface area contributed by atoms with Gasteiger partial charge in [0.1, 0.15) is 22.7 Å². The van der Waals surface area contributed by atoms with Crippen molar-refractivity contribution in [3.63, 3.8) is 0 Å². The van der Waals surface area contributed by atoms with E-state index >= 15 is 0 Å². The van der Waals surface area contributed by atoms with Gasteiger partial charge in [-0.2, -0.15) is 0 Å². The molecule has 1 amide bonds. The van der Waals surface area contributed by atoms with Crippen LogP contribution in [0.15, 0.2) is 54.9 Å². The molecule has 0 aliphatic carbocycles.